The SMILES string of the molecule is Cc1nn(C)c(N(C)CCN2CCCC2)c1C=O. The van der Waals surface area contributed by atoms with Gasteiger partial charge in [0.05, 0.1) is 11.3 Å². The van der Waals surface area contributed by atoms with Crippen LogP contribution in [0.1, 0.15) is 28.9 Å². The molecule has 1 saturated heterocycles. The van der Waals surface area contributed by atoms with Gasteiger partial charge in [0.15, 0.2) is 6.29 Å². The summed E-state index contributed by atoms with van der Waals surface area (Å²) in [4.78, 5) is 15.7. The monoisotopic (exact) mass is 250 g/mol. The number of rotatable bonds is 5. The highest BCUT2D eigenvalue weighted by molar-refractivity contribution is 5.84. The number of aryl methyl sites for hydroxylation is 2. The number of aldehydes is 1. The van der Waals surface area contributed by atoms with E-state index in [0.29, 0.717) is 5.56 Å². The average molecular weight is 250 g/mol. The summed E-state index contributed by atoms with van der Waals surface area (Å²) in [5.74, 6) is 0.918. The zero-order valence-corrected chi connectivity index (χ0v) is 11.5. The molecule has 1 aliphatic heterocycles. The predicted octanol–water partition coefficient (Wildman–Crippen LogP) is 1.07. The standard InChI is InChI=1S/C13H22N4O/c1-11-12(10-18)13(16(3)14-11)15(2)8-9-17-6-4-5-7-17/h10H,4-9H2,1-3H3. The molecule has 1 aliphatic rings. The van der Waals surface area contributed by atoms with Gasteiger partial charge in [-0.15, -0.1) is 0 Å². The molecule has 0 aromatic carbocycles. The van der Waals surface area contributed by atoms with E-state index in [1.54, 1.807) is 4.68 Å². The molecule has 0 aliphatic carbocycles. The van der Waals surface area contributed by atoms with Crippen LogP contribution >= 0.6 is 0 Å². The Morgan fingerprint density at radius 3 is 2.67 bits per heavy atom. The van der Waals surface area contributed by atoms with Crippen molar-refractivity contribution >= 4 is 12.1 Å². The first kappa shape index (κ1) is 13.1. The Morgan fingerprint density at radius 1 is 1.39 bits per heavy atom. The van der Waals surface area contributed by atoms with Crippen LogP contribution in [0, 0.1) is 6.92 Å². The van der Waals surface area contributed by atoms with Crippen molar-refractivity contribution in [3.05, 3.63) is 11.3 Å². The maximum atomic E-state index is 11.1. The molecule has 0 spiro atoms. The van der Waals surface area contributed by atoms with E-state index >= 15 is 0 Å². The van der Waals surface area contributed by atoms with Gasteiger partial charge in [0, 0.05) is 27.2 Å². The second-order valence-electron chi connectivity index (χ2n) is 5.03. The lowest BCUT2D eigenvalue weighted by atomic mass is 10.2. The fourth-order valence-corrected chi connectivity index (χ4v) is 2.66. The number of aromatic nitrogens is 2. The number of anilines is 1. The van der Waals surface area contributed by atoms with Crippen molar-refractivity contribution < 1.29 is 4.79 Å². The first-order valence-electron chi connectivity index (χ1n) is 6.55. The van der Waals surface area contributed by atoms with Crippen molar-refractivity contribution in [2.75, 3.05) is 38.1 Å². The minimum absolute atomic E-state index is 0.710. The van der Waals surface area contributed by atoms with Crippen molar-refractivity contribution in [2.45, 2.75) is 19.8 Å². The van der Waals surface area contributed by atoms with Crippen molar-refractivity contribution in [3.8, 4) is 0 Å². The number of hydrogen-bond donors (Lipinski definition) is 0. The Morgan fingerprint density at radius 2 is 2.06 bits per heavy atom. The minimum Gasteiger partial charge on any atom is -0.358 e. The van der Waals surface area contributed by atoms with Crippen molar-refractivity contribution in [3.63, 3.8) is 0 Å². The summed E-state index contributed by atoms with van der Waals surface area (Å²) >= 11 is 0. The Bertz CT molecular complexity index is 421. The molecular formula is C13H22N4O. The molecule has 1 fully saturated rings. The Kier molecular flexibility index (Phi) is 4.01. The first-order chi connectivity index (χ1) is 8.63. The molecule has 2 heterocycles. The molecule has 5 heteroatoms. The van der Waals surface area contributed by atoms with Gasteiger partial charge in [0.1, 0.15) is 5.82 Å². The van der Waals surface area contributed by atoms with Crippen LogP contribution in [0.15, 0.2) is 0 Å². The van der Waals surface area contributed by atoms with Gasteiger partial charge in [-0.1, -0.05) is 0 Å². The average Bonchev–Trinajstić information content (AvgIpc) is 2.93. The molecule has 18 heavy (non-hydrogen) atoms. The molecule has 100 valence electrons. The summed E-state index contributed by atoms with van der Waals surface area (Å²) in [6.45, 7) is 6.28. The van der Waals surface area contributed by atoms with Crippen LogP contribution < -0.4 is 4.90 Å². The maximum Gasteiger partial charge on any atom is 0.155 e. The van der Waals surface area contributed by atoms with E-state index in [9.17, 15) is 4.79 Å². The van der Waals surface area contributed by atoms with Gasteiger partial charge in [-0.3, -0.25) is 9.48 Å². The van der Waals surface area contributed by atoms with Gasteiger partial charge in [-0.2, -0.15) is 5.10 Å². The Balaban J connectivity index is 2.03. The second kappa shape index (κ2) is 5.52. The lowest BCUT2D eigenvalue weighted by molar-refractivity contribution is 0.112. The first-order valence-corrected chi connectivity index (χ1v) is 6.55. The summed E-state index contributed by atoms with van der Waals surface area (Å²) in [5, 5.41) is 4.31. The summed E-state index contributed by atoms with van der Waals surface area (Å²) in [6, 6.07) is 0. The molecule has 0 atom stereocenters. The normalized spacial score (nSPS) is 16.2. The summed E-state index contributed by atoms with van der Waals surface area (Å²) < 4.78 is 1.79. The largest absolute Gasteiger partial charge is 0.358 e. The lowest BCUT2D eigenvalue weighted by Crippen LogP contribution is -2.32. The lowest BCUT2D eigenvalue weighted by Gasteiger charge is -2.23. The van der Waals surface area contributed by atoms with E-state index in [0.717, 1.165) is 30.9 Å². The number of hydrogen-bond acceptors (Lipinski definition) is 4. The molecule has 0 amide bonds. The molecule has 0 saturated carbocycles. The van der Waals surface area contributed by atoms with Crippen LogP contribution in [0.5, 0.6) is 0 Å². The molecule has 0 unspecified atom stereocenters. The van der Waals surface area contributed by atoms with E-state index in [1.165, 1.54) is 25.9 Å². The minimum atomic E-state index is 0.710. The van der Waals surface area contributed by atoms with Crippen LogP contribution in [0.25, 0.3) is 0 Å². The Labute approximate surface area is 108 Å². The zero-order chi connectivity index (χ0) is 13.1. The molecule has 2 rings (SSSR count). The van der Waals surface area contributed by atoms with Gasteiger partial charge in [-0.25, -0.2) is 0 Å². The number of likely N-dealkylation sites (N-methyl/N-ethyl adjacent to an activating group) is 1. The van der Waals surface area contributed by atoms with Crippen LogP contribution in [-0.2, 0) is 7.05 Å². The fourth-order valence-electron chi connectivity index (χ4n) is 2.66. The summed E-state index contributed by atoms with van der Waals surface area (Å²) in [6.07, 6.45) is 3.53. The molecule has 1 aromatic heterocycles. The highest BCUT2D eigenvalue weighted by atomic mass is 16.1. The molecule has 0 radical (unpaired) electrons. The van der Waals surface area contributed by atoms with E-state index in [4.69, 9.17) is 0 Å². The molecule has 1 aromatic rings. The van der Waals surface area contributed by atoms with Crippen LogP contribution in [0.3, 0.4) is 0 Å². The number of carbonyl (C=O) groups is 1. The zero-order valence-electron chi connectivity index (χ0n) is 11.5. The quantitative estimate of drug-likeness (QED) is 0.733. The van der Waals surface area contributed by atoms with E-state index < -0.39 is 0 Å². The third kappa shape index (κ3) is 2.56. The van der Waals surface area contributed by atoms with Gasteiger partial charge >= 0.3 is 0 Å². The van der Waals surface area contributed by atoms with Gasteiger partial charge in [0.2, 0.25) is 0 Å². The van der Waals surface area contributed by atoms with E-state index in [-0.39, 0.29) is 0 Å². The van der Waals surface area contributed by atoms with Gasteiger partial charge < -0.3 is 9.80 Å². The highest BCUT2D eigenvalue weighted by Gasteiger charge is 2.18. The number of carbonyl (C=O) groups excluding carboxylic acids is 1. The van der Waals surface area contributed by atoms with Crippen LogP contribution in [-0.4, -0.2) is 54.2 Å². The van der Waals surface area contributed by atoms with Crippen molar-refractivity contribution in [1.82, 2.24) is 14.7 Å². The van der Waals surface area contributed by atoms with Crippen molar-refractivity contribution in [2.24, 2.45) is 7.05 Å². The summed E-state index contributed by atoms with van der Waals surface area (Å²) in [7, 11) is 3.92. The molecule has 0 bridgehead atoms. The molecule has 5 nitrogen and oxygen atoms in total. The van der Waals surface area contributed by atoms with Crippen LogP contribution in [0.4, 0.5) is 5.82 Å². The third-order valence-electron chi connectivity index (χ3n) is 3.67. The van der Waals surface area contributed by atoms with Crippen LogP contribution in [0.2, 0.25) is 0 Å². The predicted molar refractivity (Wildman–Crippen MR) is 72.3 cm³/mol. The second-order valence-corrected chi connectivity index (χ2v) is 5.03. The maximum absolute atomic E-state index is 11.1. The van der Waals surface area contributed by atoms with Gasteiger partial charge in [0.25, 0.3) is 0 Å². The Hall–Kier alpha value is -1.36. The molecular weight excluding hydrogens is 228 g/mol. The van der Waals surface area contributed by atoms with Crippen molar-refractivity contribution in [1.29, 1.82) is 0 Å². The number of likely N-dealkylation sites (tertiary alicyclic amines) is 1. The fraction of sp³-hybridized carbons (Fsp3) is 0.692. The van der Waals surface area contributed by atoms with E-state index in [1.807, 2.05) is 21.0 Å². The highest BCUT2D eigenvalue weighted by Crippen LogP contribution is 2.20. The van der Waals surface area contributed by atoms with Gasteiger partial charge in [-0.05, 0) is 32.9 Å². The summed E-state index contributed by atoms with van der Waals surface area (Å²) in [5.41, 5.74) is 1.51. The third-order valence-corrected chi connectivity index (χ3v) is 3.67. The topological polar surface area (TPSA) is 41.4 Å². The molecule has 0 N–H and O–H groups in total. The smallest absolute Gasteiger partial charge is 0.155 e. The van der Waals surface area contributed by atoms with E-state index in [2.05, 4.69) is 14.9 Å². The number of nitrogens with zero attached hydrogens (tertiary/aromatic N) is 4.